The number of carbonyl (C=O) groups excluding carboxylic acids is 1. The molecule has 0 spiro atoms. The van der Waals surface area contributed by atoms with Crippen molar-refractivity contribution < 1.29 is 19.0 Å². The molecule has 0 aromatic heterocycles. The first kappa shape index (κ1) is 14.4. The summed E-state index contributed by atoms with van der Waals surface area (Å²) in [4.78, 5) is 12.1. The van der Waals surface area contributed by atoms with Gasteiger partial charge in [0.2, 0.25) is 0 Å². The third-order valence-corrected chi connectivity index (χ3v) is 3.31. The summed E-state index contributed by atoms with van der Waals surface area (Å²) in [6.45, 7) is 6.95. The summed E-state index contributed by atoms with van der Waals surface area (Å²) < 4.78 is 15.9. The van der Waals surface area contributed by atoms with Crippen LogP contribution in [-0.2, 0) is 15.1 Å². The van der Waals surface area contributed by atoms with E-state index < -0.39 is 5.54 Å². The molecule has 5 nitrogen and oxygen atoms in total. The van der Waals surface area contributed by atoms with Crippen LogP contribution in [0.3, 0.4) is 0 Å². The minimum Gasteiger partial charge on any atom is -0.486 e. The van der Waals surface area contributed by atoms with Gasteiger partial charge in [0.25, 0.3) is 0 Å². The molecule has 2 rings (SSSR count). The first-order valence-corrected chi connectivity index (χ1v) is 6.46. The molecule has 0 aliphatic carbocycles. The molecule has 1 aliphatic rings. The maximum atomic E-state index is 12.1. The molecule has 108 valence electrons. The molecule has 0 saturated carbocycles. The lowest BCUT2D eigenvalue weighted by Gasteiger charge is -2.29. The van der Waals surface area contributed by atoms with E-state index in [0.717, 1.165) is 5.56 Å². The molecule has 0 radical (unpaired) electrons. The number of rotatable bonds is 5. The second-order valence-electron chi connectivity index (χ2n) is 4.64. The fourth-order valence-electron chi connectivity index (χ4n) is 2.13. The normalized spacial score (nSPS) is 16.1. The third-order valence-electron chi connectivity index (χ3n) is 3.31. The SMILES string of the molecule is C=CCNC(C)(C(=O)OC)c1ccc2c(c1)OCCO2. The van der Waals surface area contributed by atoms with Gasteiger partial charge in [-0.1, -0.05) is 12.1 Å². The standard InChI is InChI=1S/C15H19NO4/c1-4-7-16-15(2,14(17)18-3)11-5-6-12-13(10-11)20-9-8-19-12/h4-6,10,16H,1,7-9H2,2-3H3. The molecule has 5 heteroatoms. The minimum absolute atomic E-state index is 0.365. The van der Waals surface area contributed by atoms with E-state index in [-0.39, 0.29) is 5.97 Å². The highest BCUT2D eigenvalue weighted by atomic mass is 16.6. The Labute approximate surface area is 118 Å². The summed E-state index contributed by atoms with van der Waals surface area (Å²) in [7, 11) is 1.37. The van der Waals surface area contributed by atoms with Gasteiger partial charge in [0.15, 0.2) is 11.5 Å². The molecule has 0 saturated heterocycles. The highest BCUT2D eigenvalue weighted by Crippen LogP contribution is 2.34. The number of nitrogens with one attached hydrogen (secondary N) is 1. The first-order valence-electron chi connectivity index (χ1n) is 6.46. The molecular formula is C15H19NO4. The van der Waals surface area contributed by atoms with E-state index in [1.165, 1.54) is 7.11 Å². The summed E-state index contributed by atoms with van der Waals surface area (Å²) in [6, 6.07) is 5.45. The predicted octanol–water partition coefficient (Wildman–Crippen LogP) is 1.62. The van der Waals surface area contributed by atoms with Gasteiger partial charge < -0.3 is 14.2 Å². The van der Waals surface area contributed by atoms with Gasteiger partial charge in [0.1, 0.15) is 18.8 Å². The molecule has 1 aromatic carbocycles. The van der Waals surface area contributed by atoms with Crippen molar-refractivity contribution in [3.05, 3.63) is 36.4 Å². The van der Waals surface area contributed by atoms with Crippen LogP contribution in [-0.4, -0.2) is 32.8 Å². The largest absolute Gasteiger partial charge is 0.486 e. The Hall–Kier alpha value is -2.01. The summed E-state index contributed by atoms with van der Waals surface area (Å²) in [5, 5.41) is 3.13. The van der Waals surface area contributed by atoms with E-state index in [1.807, 2.05) is 12.1 Å². The Balaban J connectivity index is 2.37. The smallest absolute Gasteiger partial charge is 0.330 e. The van der Waals surface area contributed by atoms with Crippen molar-refractivity contribution in [2.24, 2.45) is 0 Å². The Morgan fingerprint density at radius 1 is 1.45 bits per heavy atom. The lowest BCUT2D eigenvalue weighted by atomic mass is 9.91. The monoisotopic (exact) mass is 277 g/mol. The zero-order chi connectivity index (χ0) is 14.6. The fourth-order valence-corrected chi connectivity index (χ4v) is 2.13. The molecule has 1 aliphatic heterocycles. The van der Waals surface area contributed by atoms with E-state index in [9.17, 15) is 4.79 Å². The van der Waals surface area contributed by atoms with Crippen molar-refractivity contribution in [3.8, 4) is 11.5 Å². The maximum Gasteiger partial charge on any atom is 0.330 e. The lowest BCUT2D eigenvalue weighted by Crippen LogP contribution is -2.47. The van der Waals surface area contributed by atoms with Crippen LogP contribution in [0.25, 0.3) is 0 Å². The molecule has 1 atom stereocenters. The number of methoxy groups -OCH3 is 1. The van der Waals surface area contributed by atoms with E-state index in [4.69, 9.17) is 14.2 Å². The number of esters is 1. The Bertz CT molecular complexity index is 515. The molecule has 1 unspecified atom stereocenters. The summed E-state index contributed by atoms with van der Waals surface area (Å²) in [5.74, 6) is 0.969. The van der Waals surface area contributed by atoms with Gasteiger partial charge in [-0.25, -0.2) is 4.79 Å². The number of carbonyl (C=O) groups is 1. The van der Waals surface area contributed by atoms with Crippen LogP contribution in [0.15, 0.2) is 30.9 Å². The van der Waals surface area contributed by atoms with Gasteiger partial charge in [0, 0.05) is 6.54 Å². The van der Waals surface area contributed by atoms with Gasteiger partial charge in [-0.15, -0.1) is 6.58 Å². The first-order chi connectivity index (χ1) is 9.61. The summed E-state index contributed by atoms with van der Waals surface area (Å²) in [5.41, 5.74) is -0.200. The van der Waals surface area contributed by atoms with Gasteiger partial charge in [0.05, 0.1) is 7.11 Å². The average Bonchev–Trinajstić information content (AvgIpc) is 2.51. The molecule has 0 bridgehead atoms. The van der Waals surface area contributed by atoms with Gasteiger partial charge >= 0.3 is 5.97 Å². The summed E-state index contributed by atoms with van der Waals surface area (Å²) >= 11 is 0. The molecule has 20 heavy (non-hydrogen) atoms. The van der Waals surface area contributed by atoms with Crippen LogP contribution >= 0.6 is 0 Å². The van der Waals surface area contributed by atoms with Crippen molar-refractivity contribution in [3.63, 3.8) is 0 Å². The highest BCUT2D eigenvalue weighted by Gasteiger charge is 2.36. The fraction of sp³-hybridized carbons (Fsp3) is 0.400. The quantitative estimate of drug-likeness (QED) is 0.654. The molecule has 1 aromatic rings. The molecular weight excluding hydrogens is 258 g/mol. The third kappa shape index (κ3) is 2.63. The van der Waals surface area contributed by atoms with Crippen molar-refractivity contribution >= 4 is 5.97 Å². The van der Waals surface area contributed by atoms with E-state index in [2.05, 4.69) is 11.9 Å². The Kier molecular flexibility index (Phi) is 4.29. The molecule has 1 N–H and O–H groups in total. The lowest BCUT2D eigenvalue weighted by molar-refractivity contribution is -0.148. The number of benzene rings is 1. The van der Waals surface area contributed by atoms with Crippen LogP contribution in [0, 0.1) is 0 Å². The van der Waals surface area contributed by atoms with E-state index in [1.54, 1.807) is 19.1 Å². The predicted molar refractivity (Wildman–Crippen MR) is 75.0 cm³/mol. The van der Waals surface area contributed by atoms with E-state index >= 15 is 0 Å². The Morgan fingerprint density at radius 3 is 2.80 bits per heavy atom. The average molecular weight is 277 g/mol. The van der Waals surface area contributed by atoms with Crippen LogP contribution in [0.2, 0.25) is 0 Å². The topological polar surface area (TPSA) is 56.8 Å². The van der Waals surface area contributed by atoms with E-state index in [0.29, 0.717) is 31.3 Å². The zero-order valence-electron chi connectivity index (χ0n) is 11.8. The van der Waals surface area contributed by atoms with Crippen LogP contribution < -0.4 is 14.8 Å². The van der Waals surface area contributed by atoms with Crippen LogP contribution in [0.1, 0.15) is 12.5 Å². The van der Waals surface area contributed by atoms with Crippen molar-refractivity contribution in [1.29, 1.82) is 0 Å². The summed E-state index contributed by atoms with van der Waals surface area (Å²) in [6.07, 6.45) is 1.69. The van der Waals surface area contributed by atoms with Gasteiger partial charge in [-0.3, -0.25) is 5.32 Å². The second kappa shape index (κ2) is 5.96. The zero-order valence-corrected chi connectivity index (χ0v) is 11.8. The van der Waals surface area contributed by atoms with Crippen molar-refractivity contribution in [2.75, 3.05) is 26.9 Å². The second-order valence-corrected chi connectivity index (χ2v) is 4.64. The Morgan fingerprint density at radius 2 is 2.15 bits per heavy atom. The number of hydrogen-bond donors (Lipinski definition) is 1. The minimum atomic E-state index is -0.960. The van der Waals surface area contributed by atoms with Crippen LogP contribution in [0.4, 0.5) is 0 Å². The highest BCUT2D eigenvalue weighted by molar-refractivity contribution is 5.82. The number of ether oxygens (including phenoxy) is 3. The van der Waals surface area contributed by atoms with Crippen molar-refractivity contribution in [2.45, 2.75) is 12.5 Å². The number of fused-ring (bicyclic) bond motifs is 1. The molecule has 0 amide bonds. The maximum absolute atomic E-state index is 12.1. The van der Waals surface area contributed by atoms with Crippen LogP contribution in [0.5, 0.6) is 11.5 Å². The molecule has 0 fully saturated rings. The van der Waals surface area contributed by atoms with Gasteiger partial charge in [-0.05, 0) is 24.6 Å². The van der Waals surface area contributed by atoms with Gasteiger partial charge in [-0.2, -0.15) is 0 Å². The number of hydrogen-bond acceptors (Lipinski definition) is 5. The van der Waals surface area contributed by atoms with Crippen molar-refractivity contribution in [1.82, 2.24) is 5.32 Å². The molecule has 1 heterocycles.